The molecular formula is C14H19ClN2O3. The van der Waals surface area contributed by atoms with Crippen molar-refractivity contribution in [3.63, 3.8) is 0 Å². The average Bonchev–Trinajstić information content (AvgIpc) is 2.48. The van der Waals surface area contributed by atoms with Crippen LogP contribution >= 0.6 is 12.4 Å². The summed E-state index contributed by atoms with van der Waals surface area (Å²) in [4.78, 5) is 12.2. The molecule has 0 spiro atoms. The normalized spacial score (nSPS) is 18.0. The van der Waals surface area contributed by atoms with Gasteiger partial charge in [-0.2, -0.15) is 0 Å². The van der Waals surface area contributed by atoms with Gasteiger partial charge >= 0.3 is 0 Å². The first-order chi connectivity index (χ1) is 9.33. The van der Waals surface area contributed by atoms with Crippen LogP contribution in [0.5, 0.6) is 11.5 Å². The van der Waals surface area contributed by atoms with Gasteiger partial charge in [-0.1, -0.05) is 0 Å². The van der Waals surface area contributed by atoms with Crippen LogP contribution in [-0.2, 0) is 0 Å². The predicted octanol–water partition coefficient (Wildman–Crippen LogP) is 1.36. The smallest absolute Gasteiger partial charge is 0.251 e. The second kappa shape index (κ2) is 6.81. The van der Waals surface area contributed by atoms with E-state index in [1.54, 1.807) is 18.2 Å². The lowest BCUT2D eigenvalue weighted by Gasteiger charge is -2.24. The van der Waals surface area contributed by atoms with E-state index < -0.39 is 0 Å². The van der Waals surface area contributed by atoms with Crippen molar-refractivity contribution in [2.24, 2.45) is 0 Å². The van der Waals surface area contributed by atoms with Crippen LogP contribution in [0.25, 0.3) is 0 Å². The van der Waals surface area contributed by atoms with Gasteiger partial charge in [-0.05, 0) is 44.1 Å². The summed E-state index contributed by atoms with van der Waals surface area (Å²) in [7, 11) is 0. The van der Waals surface area contributed by atoms with E-state index in [1.165, 1.54) is 0 Å². The quantitative estimate of drug-likeness (QED) is 0.865. The number of benzene rings is 1. The average molecular weight is 299 g/mol. The molecule has 0 bridgehead atoms. The topological polar surface area (TPSA) is 59.6 Å². The number of ether oxygens (including phenoxy) is 2. The molecule has 0 aromatic heterocycles. The Labute approximate surface area is 124 Å². The van der Waals surface area contributed by atoms with Gasteiger partial charge in [0.05, 0.1) is 0 Å². The number of piperidine rings is 1. The van der Waals surface area contributed by atoms with E-state index in [1.807, 2.05) is 0 Å². The maximum Gasteiger partial charge on any atom is 0.251 e. The third-order valence-electron chi connectivity index (χ3n) is 3.48. The molecule has 2 aliphatic heterocycles. The lowest BCUT2D eigenvalue weighted by atomic mass is 10.1. The molecule has 1 amide bonds. The molecule has 0 aliphatic carbocycles. The number of nitrogens with one attached hydrogen (secondary N) is 2. The van der Waals surface area contributed by atoms with Crippen LogP contribution in [-0.4, -0.2) is 38.3 Å². The molecule has 1 fully saturated rings. The van der Waals surface area contributed by atoms with Gasteiger partial charge in [-0.3, -0.25) is 4.79 Å². The van der Waals surface area contributed by atoms with Gasteiger partial charge in [0.15, 0.2) is 11.5 Å². The zero-order chi connectivity index (χ0) is 13.1. The van der Waals surface area contributed by atoms with Crippen LogP contribution in [0.2, 0.25) is 0 Å². The molecular weight excluding hydrogens is 280 g/mol. The van der Waals surface area contributed by atoms with Crippen LogP contribution in [0, 0.1) is 0 Å². The molecule has 110 valence electrons. The summed E-state index contributed by atoms with van der Waals surface area (Å²) in [6.07, 6.45) is 1.96. The van der Waals surface area contributed by atoms with Crippen LogP contribution in [0.3, 0.4) is 0 Å². The van der Waals surface area contributed by atoms with Crippen molar-refractivity contribution in [3.8, 4) is 11.5 Å². The summed E-state index contributed by atoms with van der Waals surface area (Å²) in [5.74, 6) is 1.33. The second-order valence-corrected chi connectivity index (χ2v) is 4.86. The Morgan fingerprint density at radius 3 is 2.60 bits per heavy atom. The second-order valence-electron chi connectivity index (χ2n) is 4.86. The van der Waals surface area contributed by atoms with Crippen molar-refractivity contribution in [1.29, 1.82) is 0 Å². The third kappa shape index (κ3) is 3.35. The monoisotopic (exact) mass is 298 g/mol. The van der Waals surface area contributed by atoms with Crippen LogP contribution in [0.15, 0.2) is 18.2 Å². The van der Waals surface area contributed by atoms with Gasteiger partial charge in [-0.15, -0.1) is 12.4 Å². The molecule has 1 saturated heterocycles. The Kier molecular flexibility index (Phi) is 5.09. The Morgan fingerprint density at radius 2 is 1.85 bits per heavy atom. The van der Waals surface area contributed by atoms with Gasteiger partial charge < -0.3 is 20.1 Å². The summed E-state index contributed by atoms with van der Waals surface area (Å²) in [5.41, 5.74) is 0.628. The van der Waals surface area contributed by atoms with Crippen molar-refractivity contribution in [3.05, 3.63) is 23.8 Å². The van der Waals surface area contributed by atoms with Gasteiger partial charge in [-0.25, -0.2) is 0 Å². The fourth-order valence-electron chi connectivity index (χ4n) is 2.42. The number of hydrogen-bond donors (Lipinski definition) is 2. The number of hydrogen-bond acceptors (Lipinski definition) is 4. The SMILES string of the molecule is Cl.O=C(NC1CCNCC1)c1ccc2c(c1)OCCO2. The molecule has 20 heavy (non-hydrogen) atoms. The molecule has 0 saturated carbocycles. The van der Waals surface area contributed by atoms with Gasteiger partial charge in [0, 0.05) is 11.6 Å². The fraction of sp³-hybridized carbons (Fsp3) is 0.500. The number of rotatable bonds is 2. The third-order valence-corrected chi connectivity index (χ3v) is 3.48. The van der Waals surface area contributed by atoms with E-state index >= 15 is 0 Å². The number of carbonyl (C=O) groups excluding carboxylic acids is 1. The molecule has 2 aliphatic rings. The summed E-state index contributed by atoms with van der Waals surface area (Å²) in [6.45, 7) is 3.03. The fourth-order valence-corrected chi connectivity index (χ4v) is 2.42. The molecule has 3 rings (SSSR count). The highest BCUT2D eigenvalue weighted by Gasteiger charge is 2.18. The number of amides is 1. The molecule has 0 radical (unpaired) electrons. The predicted molar refractivity (Wildman–Crippen MR) is 78.0 cm³/mol. The molecule has 1 aromatic rings. The summed E-state index contributed by atoms with van der Waals surface area (Å²) < 4.78 is 10.9. The first-order valence-electron chi connectivity index (χ1n) is 6.74. The van der Waals surface area contributed by atoms with Gasteiger partial charge in [0.1, 0.15) is 13.2 Å². The number of fused-ring (bicyclic) bond motifs is 1. The molecule has 0 unspecified atom stereocenters. The lowest BCUT2D eigenvalue weighted by molar-refractivity contribution is 0.0928. The summed E-state index contributed by atoms with van der Waals surface area (Å²) in [5, 5.41) is 6.35. The highest BCUT2D eigenvalue weighted by Crippen LogP contribution is 2.30. The maximum atomic E-state index is 12.2. The largest absolute Gasteiger partial charge is 0.486 e. The minimum Gasteiger partial charge on any atom is -0.486 e. The van der Waals surface area contributed by atoms with E-state index in [9.17, 15) is 4.79 Å². The molecule has 2 heterocycles. The highest BCUT2D eigenvalue weighted by molar-refractivity contribution is 5.95. The van der Waals surface area contributed by atoms with E-state index in [-0.39, 0.29) is 24.4 Å². The molecule has 1 aromatic carbocycles. The van der Waals surface area contributed by atoms with Crippen molar-refractivity contribution in [2.45, 2.75) is 18.9 Å². The van der Waals surface area contributed by atoms with Gasteiger partial charge in [0.25, 0.3) is 5.91 Å². The van der Waals surface area contributed by atoms with Crippen LogP contribution in [0.1, 0.15) is 23.2 Å². The van der Waals surface area contributed by atoms with Crippen LogP contribution in [0.4, 0.5) is 0 Å². The maximum absolute atomic E-state index is 12.2. The Balaban J connectivity index is 0.00000147. The summed E-state index contributed by atoms with van der Waals surface area (Å²) in [6, 6.07) is 5.60. The Hall–Kier alpha value is -1.46. The zero-order valence-electron chi connectivity index (χ0n) is 11.2. The summed E-state index contributed by atoms with van der Waals surface area (Å²) >= 11 is 0. The molecule has 6 heteroatoms. The van der Waals surface area contributed by atoms with E-state index in [2.05, 4.69) is 10.6 Å². The van der Waals surface area contributed by atoms with Gasteiger partial charge in [0.2, 0.25) is 0 Å². The van der Waals surface area contributed by atoms with Crippen molar-refractivity contribution in [1.82, 2.24) is 10.6 Å². The minimum absolute atomic E-state index is 0. The van der Waals surface area contributed by atoms with Crippen molar-refractivity contribution in [2.75, 3.05) is 26.3 Å². The molecule has 5 nitrogen and oxygen atoms in total. The first kappa shape index (κ1) is 14.9. The highest BCUT2D eigenvalue weighted by atomic mass is 35.5. The first-order valence-corrected chi connectivity index (χ1v) is 6.74. The Bertz CT molecular complexity index is 475. The standard InChI is InChI=1S/C14H18N2O3.ClH/c17-14(16-11-3-5-15-6-4-11)10-1-2-12-13(9-10)19-8-7-18-12;/h1-2,9,11,15H,3-8H2,(H,16,17);1H. The van der Waals surface area contributed by atoms with Crippen LogP contribution < -0.4 is 20.1 Å². The van der Waals surface area contributed by atoms with E-state index in [0.29, 0.717) is 30.3 Å². The number of halogens is 1. The van der Waals surface area contributed by atoms with E-state index in [4.69, 9.17) is 9.47 Å². The lowest BCUT2D eigenvalue weighted by Crippen LogP contribution is -2.42. The Morgan fingerprint density at radius 1 is 1.15 bits per heavy atom. The number of carbonyl (C=O) groups is 1. The van der Waals surface area contributed by atoms with Crippen molar-refractivity contribution < 1.29 is 14.3 Å². The zero-order valence-corrected chi connectivity index (χ0v) is 12.0. The molecule has 0 atom stereocenters. The van der Waals surface area contributed by atoms with Crippen molar-refractivity contribution >= 4 is 18.3 Å². The van der Waals surface area contributed by atoms with E-state index in [0.717, 1.165) is 25.9 Å². The minimum atomic E-state index is -0.0381. The molecule has 2 N–H and O–H groups in total.